The van der Waals surface area contributed by atoms with E-state index in [4.69, 9.17) is 0 Å². The van der Waals surface area contributed by atoms with Crippen LogP contribution in [0, 0.1) is 0 Å². The van der Waals surface area contributed by atoms with Crippen molar-refractivity contribution in [3.63, 3.8) is 0 Å². The number of rotatable bonds is 4. The van der Waals surface area contributed by atoms with E-state index in [1.165, 1.54) is 19.3 Å². The second-order valence-electron chi connectivity index (χ2n) is 5.53. The maximum absolute atomic E-state index is 12.4. The molecule has 0 amide bonds. The predicted octanol–water partition coefficient (Wildman–Crippen LogP) is 2.72. The van der Waals surface area contributed by atoms with Crippen molar-refractivity contribution in [1.82, 2.24) is 4.90 Å². The van der Waals surface area contributed by atoms with Crippen molar-refractivity contribution in [2.24, 2.45) is 0 Å². The van der Waals surface area contributed by atoms with E-state index in [1.54, 1.807) is 24.3 Å². The lowest BCUT2D eigenvalue weighted by Crippen LogP contribution is -2.46. The number of likely N-dealkylation sites (tertiary alicyclic amines) is 1. The van der Waals surface area contributed by atoms with Crippen LogP contribution in [0.1, 0.15) is 33.1 Å². The molecule has 4 heteroatoms. The molecule has 1 aromatic rings. The molecule has 0 N–H and O–H groups in total. The molecule has 2 atom stereocenters. The van der Waals surface area contributed by atoms with E-state index < -0.39 is 9.84 Å². The Bertz CT molecular complexity index is 498. The van der Waals surface area contributed by atoms with Gasteiger partial charge in [0, 0.05) is 12.1 Å². The summed E-state index contributed by atoms with van der Waals surface area (Å²) in [5.74, 6) is 0.210. The molecule has 0 aromatic heterocycles. The molecule has 1 saturated heterocycles. The third-order valence-electron chi connectivity index (χ3n) is 3.98. The zero-order valence-corrected chi connectivity index (χ0v) is 12.6. The van der Waals surface area contributed by atoms with Crippen LogP contribution in [0.5, 0.6) is 0 Å². The van der Waals surface area contributed by atoms with Crippen LogP contribution in [0.4, 0.5) is 0 Å². The van der Waals surface area contributed by atoms with Crippen molar-refractivity contribution in [1.29, 1.82) is 0 Å². The summed E-state index contributed by atoms with van der Waals surface area (Å²) in [6.07, 6.45) is 3.62. The summed E-state index contributed by atoms with van der Waals surface area (Å²) in [6.45, 7) is 5.25. The Morgan fingerprint density at radius 1 is 1.26 bits per heavy atom. The molecule has 0 bridgehead atoms. The summed E-state index contributed by atoms with van der Waals surface area (Å²) in [7, 11) is -3.17. The third-order valence-corrected chi connectivity index (χ3v) is 5.90. The third kappa shape index (κ3) is 3.57. The molecular weight excluding hydrogens is 258 g/mol. The van der Waals surface area contributed by atoms with Crippen molar-refractivity contribution >= 4 is 9.84 Å². The lowest BCUT2D eigenvalue weighted by Gasteiger charge is -2.37. The maximum Gasteiger partial charge on any atom is 0.179 e. The van der Waals surface area contributed by atoms with Crippen LogP contribution in [0.25, 0.3) is 0 Å². The summed E-state index contributed by atoms with van der Waals surface area (Å²) < 4.78 is 24.7. The van der Waals surface area contributed by atoms with Gasteiger partial charge in [-0.2, -0.15) is 0 Å². The van der Waals surface area contributed by atoms with Gasteiger partial charge in [-0.1, -0.05) is 24.6 Å². The van der Waals surface area contributed by atoms with Gasteiger partial charge in [0.2, 0.25) is 0 Å². The smallest absolute Gasteiger partial charge is 0.179 e. The first-order valence-corrected chi connectivity index (χ1v) is 8.69. The molecule has 0 aliphatic carbocycles. The molecule has 1 fully saturated rings. The fourth-order valence-corrected chi connectivity index (χ4v) is 4.50. The predicted molar refractivity (Wildman–Crippen MR) is 78.0 cm³/mol. The second kappa shape index (κ2) is 6.06. The molecule has 106 valence electrons. The van der Waals surface area contributed by atoms with Crippen molar-refractivity contribution < 1.29 is 8.42 Å². The van der Waals surface area contributed by atoms with Crippen LogP contribution in [0.3, 0.4) is 0 Å². The summed E-state index contributed by atoms with van der Waals surface area (Å²) in [5, 5.41) is 0. The van der Waals surface area contributed by atoms with Gasteiger partial charge in [0.25, 0.3) is 0 Å². The van der Waals surface area contributed by atoms with Gasteiger partial charge in [0.1, 0.15) is 0 Å². The average Bonchev–Trinajstić information content (AvgIpc) is 2.39. The first-order valence-electron chi connectivity index (χ1n) is 7.04. The second-order valence-corrected chi connectivity index (χ2v) is 7.56. The number of nitrogens with zero attached hydrogens (tertiary/aromatic N) is 1. The van der Waals surface area contributed by atoms with E-state index >= 15 is 0 Å². The minimum Gasteiger partial charge on any atom is -0.297 e. The molecule has 1 heterocycles. The van der Waals surface area contributed by atoms with E-state index in [1.807, 2.05) is 13.0 Å². The SMILES string of the molecule is CC1CCCCN1C(C)CS(=O)(=O)c1ccccc1. The Kier molecular flexibility index (Phi) is 4.63. The van der Waals surface area contributed by atoms with Crippen molar-refractivity contribution in [3.8, 4) is 0 Å². The van der Waals surface area contributed by atoms with Gasteiger partial charge >= 0.3 is 0 Å². The first-order chi connectivity index (χ1) is 9.00. The van der Waals surface area contributed by atoms with Crippen LogP contribution in [-0.4, -0.2) is 37.7 Å². The van der Waals surface area contributed by atoms with Gasteiger partial charge in [0.15, 0.2) is 9.84 Å². The van der Waals surface area contributed by atoms with Gasteiger partial charge in [-0.15, -0.1) is 0 Å². The first kappa shape index (κ1) is 14.5. The van der Waals surface area contributed by atoms with Crippen LogP contribution in [-0.2, 0) is 9.84 Å². The Morgan fingerprint density at radius 2 is 1.95 bits per heavy atom. The zero-order valence-electron chi connectivity index (χ0n) is 11.7. The number of sulfone groups is 1. The van der Waals surface area contributed by atoms with Gasteiger partial charge in [-0.3, -0.25) is 4.90 Å². The van der Waals surface area contributed by atoms with Gasteiger partial charge in [-0.25, -0.2) is 8.42 Å². The molecule has 0 radical (unpaired) electrons. The van der Waals surface area contributed by atoms with E-state index in [0.717, 1.165) is 6.54 Å². The van der Waals surface area contributed by atoms with Crippen molar-refractivity contribution in [3.05, 3.63) is 30.3 Å². The minimum atomic E-state index is -3.17. The van der Waals surface area contributed by atoms with Crippen molar-refractivity contribution in [2.45, 2.75) is 50.1 Å². The standard InChI is InChI=1S/C15H23NO2S/c1-13-8-6-7-11-16(13)14(2)12-19(17,18)15-9-4-3-5-10-15/h3-5,9-10,13-14H,6-8,11-12H2,1-2H3. The molecule has 1 aliphatic heterocycles. The highest BCUT2D eigenvalue weighted by Gasteiger charge is 2.27. The highest BCUT2D eigenvalue weighted by Crippen LogP contribution is 2.21. The van der Waals surface area contributed by atoms with E-state index in [0.29, 0.717) is 10.9 Å². The molecule has 1 aliphatic rings. The molecule has 0 saturated carbocycles. The highest BCUT2D eigenvalue weighted by molar-refractivity contribution is 7.91. The number of piperidine rings is 1. The Morgan fingerprint density at radius 3 is 2.58 bits per heavy atom. The van der Waals surface area contributed by atoms with Crippen LogP contribution in [0.15, 0.2) is 35.2 Å². The van der Waals surface area contributed by atoms with Crippen LogP contribution < -0.4 is 0 Å². The minimum absolute atomic E-state index is 0.0838. The number of hydrogen-bond acceptors (Lipinski definition) is 3. The number of hydrogen-bond donors (Lipinski definition) is 0. The molecule has 3 nitrogen and oxygen atoms in total. The summed E-state index contributed by atoms with van der Waals surface area (Å²) in [4.78, 5) is 2.77. The zero-order chi connectivity index (χ0) is 13.9. The van der Waals surface area contributed by atoms with Gasteiger partial charge < -0.3 is 0 Å². The Hall–Kier alpha value is -0.870. The topological polar surface area (TPSA) is 37.4 Å². The lowest BCUT2D eigenvalue weighted by atomic mass is 10.0. The Balaban J connectivity index is 2.08. The Labute approximate surface area is 116 Å². The van der Waals surface area contributed by atoms with Crippen LogP contribution in [0.2, 0.25) is 0 Å². The molecule has 1 aromatic carbocycles. The fourth-order valence-electron chi connectivity index (χ4n) is 2.91. The van der Waals surface area contributed by atoms with Gasteiger partial charge in [0.05, 0.1) is 10.6 Å². The lowest BCUT2D eigenvalue weighted by molar-refractivity contribution is 0.125. The molecular formula is C15H23NO2S. The van der Waals surface area contributed by atoms with Crippen LogP contribution >= 0.6 is 0 Å². The van der Waals surface area contributed by atoms with E-state index in [9.17, 15) is 8.42 Å². The van der Waals surface area contributed by atoms with Gasteiger partial charge in [-0.05, 0) is 45.4 Å². The highest BCUT2D eigenvalue weighted by atomic mass is 32.2. The average molecular weight is 281 g/mol. The molecule has 2 rings (SSSR count). The van der Waals surface area contributed by atoms with E-state index in [-0.39, 0.29) is 11.8 Å². The monoisotopic (exact) mass is 281 g/mol. The van der Waals surface area contributed by atoms with Crippen molar-refractivity contribution in [2.75, 3.05) is 12.3 Å². The summed E-state index contributed by atoms with van der Waals surface area (Å²) in [6, 6.07) is 9.34. The largest absolute Gasteiger partial charge is 0.297 e. The molecule has 2 unspecified atom stereocenters. The van der Waals surface area contributed by atoms with E-state index in [2.05, 4.69) is 11.8 Å². The summed E-state index contributed by atoms with van der Waals surface area (Å²) >= 11 is 0. The number of benzene rings is 1. The molecule has 0 spiro atoms. The quantitative estimate of drug-likeness (QED) is 0.851. The molecule has 19 heavy (non-hydrogen) atoms. The normalized spacial score (nSPS) is 23.2. The fraction of sp³-hybridized carbons (Fsp3) is 0.600. The summed E-state index contributed by atoms with van der Waals surface area (Å²) in [5.41, 5.74) is 0. The maximum atomic E-state index is 12.4.